The summed E-state index contributed by atoms with van der Waals surface area (Å²) in [7, 11) is 0. The minimum absolute atomic E-state index is 0.0636. The Morgan fingerprint density at radius 1 is 0.935 bits per heavy atom. The van der Waals surface area contributed by atoms with Crippen molar-refractivity contribution in [1.29, 1.82) is 0 Å². The minimum Gasteiger partial charge on any atom is -0.348 e. The van der Waals surface area contributed by atoms with Crippen molar-refractivity contribution in [1.82, 2.24) is 5.32 Å². The Hall–Kier alpha value is -3.20. The van der Waals surface area contributed by atoms with E-state index in [-0.39, 0.29) is 17.6 Å². The van der Waals surface area contributed by atoms with Crippen molar-refractivity contribution in [3.05, 3.63) is 112 Å². The first-order valence-corrected chi connectivity index (χ1v) is 10.8. The molecule has 0 bridgehead atoms. The summed E-state index contributed by atoms with van der Waals surface area (Å²) in [6.07, 6.45) is 1.55. The van der Waals surface area contributed by atoms with Crippen molar-refractivity contribution in [3.63, 3.8) is 0 Å². The molecule has 3 heteroatoms. The van der Waals surface area contributed by atoms with Gasteiger partial charge in [0, 0.05) is 18.0 Å². The van der Waals surface area contributed by atoms with Gasteiger partial charge >= 0.3 is 0 Å². The van der Waals surface area contributed by atoms with E-state index in [1.165, 1.54) is 28.3 Å². The van der Waals surface area contributed by atoms with Crippen molar-refractivity contribution < 1.29 is 9.18 Å². The summed E-state index contributed by atoms with van der Waals surface area (Å²) in [5, 5.41) is 3.04. The standard InChI is InChI=1S/C28H28FNO/c1-18-8-4-5-10-23(18)17-30-28(31)22-13-15-25-24(19(2)20(3)26(25)16-22)14-12-21-9-6-7-11-27(21)29/h4-11,13,15-16,24H,12,14,17H2,1-3H3,(H,30,31). The summed E-state index contributed by atoms with van der Waals surface area (Å²) in [4.78, 5) is 12.8. The Balaban J connectivity index is 1.49. The van der Waals surface area contributed by atoms with Crippen LogP contribution in [-0.4, -0.2) is 5.91 Å². The van der Waals surface area contributed by atoms with Crippen molar-refractivity contribution in [2.75, 3.05) is 0 Å². The highest BCUT2D eigenvalue weighted by molar-refractivity contribution is 5.96. The number of hydrogen-bond donors (Lipinski definition) is 1. The third-order valence-electron chi connectivity index (χ3n) is 6.57. The van der Waals surface area contributed by atoms with E-state index in [2.05, 4.69) is 38.2 Å². The maximum atomic E-state index is 14.0. The molecule has 2 nitrogen and oxygen atoms in total. The topological polar surface area (TPSA) is 29.1 Å². The van der Waals surface area contributed by atoms with E-state index in [9.17, 15) is 9.18 Å². The molecule has 1 unspecified atom stereocenters. The number of aryl methyl sites for hydroxylation is 2. The highest BCUT2D eigenvalue weighted by atomic mass is 19.1. The summed E-state index contributed by atoms with van der Waals surface area (Å²) in [5.41, 5.74) is 8.64. The van der Waals surface area contributed by atoms with Crippen molar-refractivity contribution >= 4 is 11.5 Å². The van der Waals surface area contributed by atoms with Crippen LogP contribution < -0.4 is 5.32 Å². The predicted molar refractivity (Wildman–Crippen MR) is 125 cm³/mol. The molecule has 1 N–H and O–H groups in total. The number of allylic oxidation sites excluding steroid dienone is 2. The molecule has 1 amide bonds. The molecular formula is C28H28FNO. The number of hydrogen-bond acceptors (Lipinski definition) is 1. The smallest absolute Gasteiger partial charge is 0.251 e. The molecule has 0 saturated carbocycles. The summed E-state index contributed by atoms with van der Waals surface area (Å²) in [5.74, 6) is 0.0599. The van der Waals surface area contributed by atoms with Crippen LogP contribution in [0.3, 0.4) is 0 Å². The van der Waals surface area contributed by atoms with E-state index < -0.39 is 0 Å². The fraction of sp³-hybridized carbons (Fsp3) is 0.250. The lowest BCUT2D eigenvalue weighted by Gasteiger charge is -2.15. The summed E-state index contributed by atoms with van der Waals surface area (Å²) in [6.45, 7) is 6.84. The molecule has 1 aliphatic carbocycles. The van der Waals surface area contributed by atoms with Gasteiger partial charge in [-0.2, -0.15) is 0 Å². The largest absolute Gasteiger partial charge is 0.348 e. The van der Waals surface area contributed by atoms with Crippen LogP contribution >= 0.6 is 0 Å². The number of benzene rings is 3. The van der Waals surface area contributed by atoms with Gasteiger partial charge in [-0.15, -0.1) is 0 Å². The molecule has 0 radical (unpaired) electrons. The number of carbonyl (C=O) groups excluding carboxylic acids is 1. The maximum absolute atomic E-state index is 14.0. The van der Waals surface area contributed by atoms with Gasteiger partial charge in [0.2, 0.25) is 0 Å². The van der Waals surface area contributed by atoms with Crippen molar-refractivity contribution in [2.24, 2.45) is 0 Å². The Morgan fingerprint density at radius 3 is 2.39 bits per heavy atom. The molecule has 3 aromatic rings. The number of halogens is 1. The first-order chi connectivity index (χ1) is 15.0. The van der Waals surface area contributed by atoms with Gasteiger partial charge in [0.05, 0.1) is 0 Å². The molecule has 0 aromatic heterocycles. The average molecular weight is 414 g/mol. The lowest BCUT2D eigenvalue weighted by atomic mass is 9.89. The quantitative estimate of drug-likeness (QED) is 0.485. The predicted octanol–water partition coefficient (Wildman–Crippen LogP) is 6.59. The van der Waals surface area contributed by atoms with E-state index in [1.807, 2.05) is 42.5 Å². The van der Waals surface area contributed by atoms with Gasteiger partial charge in [-0.3, -0.25) is 4.79 Å². The lowest BCUT2D eigenvalue weighted by Crippen LogP contribution is -2.23. The zero-order chi connectivity index (χ0) is 22.0. The van der Waals surface area contributed by atoms with E-state index in [4.69, 9.17) is 0 Å². The van der Waals surface area contributed by atoms with Crippen LogP contribution in [-0.2, 0) is 13.0 Å². The van der Waals surface area contributed by atoms with Crippen molar-refractivity contribution in [3.8, 4) is 0 Å². The van der Waals surface area contributed by atoms with Gasteiger partial charge < -0.3 is 5.32 Å². The Kier molecular flexibility index (Phi) is 6.03. The second kappa shape index (κ2) is 8.89. The van der Waals surface area contributed by atoms with Crippen LogP contribution in [0.4, 0.5) is 4.39 Å². The monoisotopic (exact) mass is 413 g/mol. The molecule has 4 rings (SSSR count). The van der Waals surface area contributed by atoms with Crippen LogP contribution in [0.25, 0.3) is 5.57 Å². The van der Waals surface area contributed by atoms with Gasteiger partial charge in [-0.05, 0) is 85.2 Å². The van der Waals surface area contributed by atoms with Crippen LogP contribution in [0.1, 0.15) is 64.4 Å². The molecule has 158 valence electrons. The van der Waals surface area contributed by atoms with Gasteiger partial charge in [-0.1, -0.05) is 54.1 Å². The fourth-order valence-corrected chi connectivity index (χ4v) is 4.49. The van der Waals surface area contributed by atoms with Crippen LogP contribution in [0.2, 0.25) is 0 Å². The molecule has 0 saturated heterocycles. The van der Waals surface area contributed by atoms with E-state index in [1.54, 1.807) is 6.07 Å². The number of carbonyl (C=O) groups is 1. The first kappa shape index (κ1) is 21.0. The minimum atomic E-state index is -0.139. The zero-order valence-corrected chi connectivity index (χ0v) is 18.3. The van der Waals surface area contributed by atoms with Gasteiger partial charge in [0.25, 0.3) is 5.91 Å². The highest BCUT2D eigenvalue weighted by Gasteiger charge is 2.27. The molecule has 3 aromatic carbocycles. The maximum Gasteiger partial charge on any atom is 0.251 e. The molecule has 1 atom stereocenters. The Morgan fingerprint density at radius 2 is 1.65 bits per heavy atom. The molecule has 0 fully saturated rings. The van der Waals surface area contributed by atoms with Gasteiger partial charge in [0.15, 0.2) is 0 Å². The first-order valence-electron chi connectivity index (χ1n) is 10.8. The van der Waals surface area contributed by atoms with Gasteiger partial charge in [0.1, 0.15) is 5.82 Å². The van der Waals surface area contributed by atoms with Crippen molar-refractivity contribution in [2.45, 2.75) is 46.1 Å². The second-order valence-corrected chi connectivity index (χ2v) is 8.40. The zero-order valence-electron chi connectivity index (χ0n) is 18.3. The number of amides is 1. The van der Waals surface area contributed by atoms with Crippen LogP contribution in [0.15, 0.2) is 72.3 Å². The number of fused-ring (bicyclic) bond motifs is 1. The van der Waals surface area contributed by atoms with E-state index in [0.717, 1.165) is 23.1 Å². The molecule has 0 heterocycles. The van der Waals surface area contributed by atoms with Crippen LogP contribution in [0.5, 0.6) is 0 Å². The lowest BCUT2D eigenvalue weighted by molar-refractivity contribution is 0.0951. The molecule has 0 spiro atoms. The van der Waals surface area contributed by atoms with E-state index >= 15 is 0 Å². The molecule has 31 heavy (non-hydrogen) atoms. The van der Waals surface area contributed by atoms with Gasteiger partial charge in [-0.25, -0.2) is 4.39 Å². The normalized spacial score (nSPS) is 15.2. The average Bonchev–Trinajstić information content (AvgIpc) is 3.02. The summed E-state index contributed by atoms with van der Waals surface area (Å²) in [6, 6.07) is 21.1. The Bertz CT molecular complexity index is 1160. The molecule has 0 aliphatic heterocycles. The molecular weight excluding hydrogens is 385 g/mol. The third kappa shape index (κ3) is 4.32. The number of rotatable bonds is 6. The third-order valence-corrected chi connectivity index (χ3v) is 6.57. The highest BCUT2D eigenvalue weighted by Crippen LogP contribution is 2.44. The number of nitrogens with one attached hydrogen (secondary N) is 1. The second-order valence-electron chi connectivity index (χ2n) is 8.40. The summed E-state index contributed by atoms with van der Waals surface area (Å²) < 4.78 is 14.0. The Labute approximate surface area is 183 Å². The van der Waals surface area contributed by atoms with Crippen LogP contribution in [0, 0.1) is 12.7 Å². The van der Waals surface area contributed by atoms with E-state index in [0.29, 0.717) is 18.5 Å². The fourth-order valence-electron chi connectivity index (χ4n) is 4.49. The summed E-state index contributed by atoms with van der Waals surface area (Å²) >= 11 is 0. The SMILES string of the molecule is CC1=C(C)C(CCc2ccccc2F)c2ccc(C(=O)NCc3ccccc3C)cc21. The molecule has 1 aliphatic rings.